The van der Waals surface area contributed by atoms with Crippen LogP contribution in [0.1, 0.15) is 22.8 Å². The Bertz CT molecular complexity index is 1110. The Morgan fingerprint density at radius 1 is 1.22 bits per heavy atom. The zero-order valence-electron chi connectivity index (χ0n) is 14.8. The standard InChI is InChI=1S/C20H19N5O2/c1-2-25-12-13(10-23-25)9-21-20(27)17-7-15(8-19-18(17)11-22-24-19)14-4-3-5-16(26)6-14/h3-8,10-12,26H,2,9H2,1H3,(H,21,27)(H,22,24). The molecule has 0 aliphatic rings. The molecule has 0 saturated carbocycles. The summed E-state index contributed by atoms with van der Waals surface area (Å²) in [6.07, 6.45) is 5.31. The van der Waals surface area contributed by atoms with E-state index in [1.54, 1.807) is 30.6 Å². The minimum atomic E-state index is -0.187. The van der Waals surface area contributed by atoms with Gasteiger partial charge in [0.05, 0.1) is 23.5 Å². The van der Waals surface area contributed by atoms with Crippen LogP contribution in [0.15, 0.2) is 55.0 Å². The molecule has 0 spiro atoms. The predicted molar refractivity (Wildman–Crippen MR) is 102 cm³/mol. The third-order valence-corrected chi connectivity index (χ3v) is 4.45. The van der Waals surface area contributed by atoms with Crippen molar-refractivity contribution in [3.63, 3.8) is 0 Å². The van der Waals surface area contributed by atoms with Crippen molar-refractivity contribution in [2.24, 2.45) is 0 Å². The van der Waals surface area contributed by atoms with Gasteiger partial charge in [0.2, 0.25) is 0 Å². The molecule has 4 rings (SSSR count). The van der Waals surface area contributed by atoms with Gasteiger partial charge in [-0.1, -0.05) is 12.1 Å². The van der Waals surface area contributed by atoms with E-state index in [1.807, 2.05) is 36.0 Å². The maximum atomic E-state index is 12.8. The van der Waals surface area contributed by atoms with Crippen molar-refractivity contribution in [1.29, 1.82) is 0 Å². The lowest BCUT2D eigenvalue weighted by molar-refractivity contribution is 0.0952. The number of phenols is 1. The Labute approximate surface area is 155 Å². The van der Waals surface area contributed by atoms with Gasteiger partial charge >= 0.3 is 0 Å². The second-order valence-electron chi connectivity index (χ2n) is 6.29. The summed E-state index contributed by atoms with van der Waals surface area (Å²) in [5.41, 5.74) is 3.89. The lowest BCUT2D eigenvalue weighted by atomic mass is 9.99. The highest BCUT2D eigenvalue weighted by molar-refractivity contribution is 6.07. The summed E-state index contributed by atoms with van der Waals surface area (Å²) in [6, 6.07) is 10.7. The molecular formula is C20H19N5O2. The van der Waals surface area contributed by atoms with E-state index in [9.17, 15) is 9.90 Å². The molecule has 27 heavy (non-hydrogen) atoms. The highest BCUT2D eigenvalue weighted by atomic mass is 16.3. The summed E-state index contributed by atoms with van der Waals surface area (Å²) in [7, 11) is 0. The van der Waals surface area contributed by atoms with Crippen molar-refractivity contribution < 1.29 is 9.90 Å². The molecular weight excluding hydrogens is 342 g/mol. The van der Waals surface area contributed by atoms with Gasteiger partial charge in [-0.3, -0.25) is 14.6 Å². The summed E-state index contributed by atoms with van der Waals surface area (Å²) in [5, 5.41) is 24.6. The van der Waals surface area contributed by atoms with Crippen LogP contribution in [0.25, 0.3) is 22.0 Å². The summed E-state index contributed by atoms with van der Waals surface area (Å²) < 4.78 is 1.82. The first-order chi connectivity index (χ1) is 13.1. The first kappa shape index (κ1) is 16.8. The van der Waals surface area contributed by atoms with E-state index in [-0.39, 0.29) is 11.7 Å². The van der Waals surface area contributed by atoms with Crippen LogP contribution in [0.3, 0.4) is 0 Å². The van der Waals surface area contributed by atoms with Gasteiger partial charge in [-0.25, -0.2) is 0 Å². The van der Waals surface area contributed by atoms with Gasteiger partial charge in [-0.15, -0.1) is 0 Å². The number of rotatable bonds is 5. The molecule has 0 atom stereocenters. The summed E-state index contributed by atoms with van der Waals surface area (Å²) in [6.45, 7) is 3.20. The molecule has 4 aromatic rings. The quantitative estimate of drug-likeness (QED) is 0.509. The molecule has 3 N–H and O–H groups in total. The van der Waals surface area contributed by atoms with E-state index in [1.165, 1.54) is 0 Å². The third-order valence-electron chi connectivity index (χ3n) is 4.45. The summed E-state index contributed by atoms with van der Waals surface area (Å²) in [4.78, 5) is 12.8. The molecule has 2 aromatic carbocycles. The SMILES string of the molecule is CCn1cc(CNC(=O)c2cc(-c3cccc(O)c3)cc3[nH]ncc23)cn1. The molecule has 1 amide bonds. The second kappa shape index (κ2) is 6.95. The Balaban J connectivity index is 1.65. The van der Waals surface area contributed by atoms with Gasteiger partial charge in [-0.05, 0) is 42.3 Å². The normalized spacial score (nSPS) is 11.0. The van der Waals surface area contributed by atoms with Crippen molar-refractivity contribution in [3.05, 3.63) is 66.1 Å². The Kier molecular flexibility index (Phi) is 4.33. The zero-order chi connectivity index (χ0) is 18.8. The molecule has 0 bridgehead atoms. The van der Waals surface area contributed by atoms with Crippen LogP contribution in [0, 0.1) is 0 Å². The number of carbonyl (C=O) groups excluding carboxylic acids is 1. The number of benzene rings is 2. The number of nitrogens with one attached hydrogen (secondary N) is 2. The maximum absolute atomic E-state index is 12.8. The minimum Gasteiger partial charge on any atom is -0.508 e. The Hall–Kier alpha value is -3.61. The van der Waals surface area contributed by atoms with E-state index in [2.05, 4.69) is 20.6 Å². The Morgan fingerprint density at radius 2 is 2.11 bits per heavy atom. The number of nitrogens with zero attached hydrogens (tertiary/aromatic N) is 3. The van der Waals surface area contributed by atoms with Crippen molar-refractivity contribution >= 4 is 16.8 Å². The second-order valence-corrected chi connectivity index (χ2v) is 6.29. The fourth-order valence-electron chi connectivity index (χ4n) is 3.04. The van der Waals surface area contributed by atoms with Gasteiger partial charge in [0.1, 0.15) is 5.75 Å². The number of hydrogen-bond acceptors (Lipinski definition) is 4. The van der Waals surface area contributed by atoms with Crippen LogP contribution in [0.4, 0.5) is 0 Å². The molecule has 7 nitrogen and oxygen atoms in total. The van der Waals surface area contributed by atoms with Crippen molar-refractivity contribution in [2.45, 2.75) is 20.0 Å². The smallest absolute Gasteiger partial charge is 0.252 e. The summed E-state index contributed by atoms with van der Waals surface area (Å²) >= 11 is 0. The van der Waals surface area contributed by atoms with Gasteiger partial charge in [0.25, 0.3) is 5.91 Å². The highest BCUT2D eigenvalue weighted by Gasteiger charge is 2.14. The van der Waals surface area contributed by atoms with Gasteiger partial charge in [0.15, 0.2) is 0 Å². The Morgan fingerprint density at radius 3 is 2.89 bits per heavy atom. The molecule has 0 aliphatic heterocycles. The van der Waals surface area contributed by atoms with Crippen LogP contribution in [0.2, 0.25) is 0 Å². The van der Waals surface area contributed by atoms with Gasteiger partial charge < -0.3 is 10.4 Å². The number of aromatic hydroxyl groups is 1. The molecule has 136 valence electrons. The van der Waals surface area contributed by atoms with Crippen molar-refractivity contribution in [1.82, 2.24) is 25.3 Å². The minimum absolute atomic E-state index is 0.177. The molecule has 0 radical (unpaired) electrons. The average Bonchev–Trinajstić information content (AvgIpc) is 3.34. The number of fused-ring (bicyclic) bond motifs is 1. The van der Waals surface area contributed by atoms with Crippen LogP contribution < -0.4 is 5.32 Å². The molecule has 0 saturated heterocycles. The van der Waals surface area contributed by atoms with Crippen LogP contribution >= 0.6 is 0 Å². The lowest BCUT2D eigenvalue weighted by Gasteiger charge is -2.09. The van der Waals surface area contributed by atoms with Gasteiger partial charge in [0, 0.05) is 30.2 Å². The molecule has 2 aromatic heterocycles. The number of carbonyl (C=O) groups is 1. The number of hydrogen-bond donors (Lipinski definition) is 3. The number of amides is 1. The number of aromatic amines is 1. The number of aromatic nitrogens is 4. The molecule has 0 aliphatic carbocycles. The van der Waals surface area contributed by atoms with Gasteiger partial charge in [-0.2, -0.15) is 10.2 Å². The topological polar surface area (TPSA) is 95.8 Å². The van der Waals surface area contributed by atoms with Crippen molar-refractivity contribution in [3.8, 4) is 16.9 Å². The van der Waals surface area contributed by atoms with Crippen molar-refractivity contribution in [2.75, 3.05) is 0 Å². The van der Waals surface area contributed by atoms with Crippen LogP contribution in [0.5, 0.6) is 5.75 Å². The molecule has 2 heterocycles. The zero-order valence-corrected chi connectivity index (χ0v) is 14.8. The molecule has 0 fully saturated rings. The number of H-pyrrole nitrogens is 1. The average molecular weight is 361 g/mol. The predicted octanol–water partition coefficient (Wildman–Crippen LogP) is 3.08. The first-order valence-electron chi connectivity index (χ1n) is 8.70. The summed E-state index contributed by atoms with van der Waals surface area (Å²) in [5.74, 6) is -0.0104. The van der Waals surface area contributed by atoms with E-state index in [4.69, 9.17) is 0 Å². The number of aryl methyl sites for hydroxylation is 1. The largest absolute Gasteiger partial charge is 0.508 e. The van der Waals surface area contributed by atoms with Crippen LogP contribution in [-0.4, -0.2) is 31.0 Å². The lowest BCUT2D eigenvalue weighted by Crippen LogP contribution is -2.22. The first-order valence-corrected chi connectivity index (χ1v) is 8.70. The van der Waals surface area contributed by atoms with Crippen LogP contribution in [-0.2, 0) is 13.1 Å². The highest BCUT2D eigenvalue weighted by Crippen LogP contribution is 2.28. The molecule has 0 unspecified atom stereocenters. The molecule has 7 heteroatoms. The van der Waals surface area contributed by atoms with E-state index < -0.39 is 0 Å². The monoisotopic (exact) mass is 361 g/mol. The third kappa shape index (κ3) is 3.39. The maximum Gasteiger partial charge on any atom is 0.252 e. The number of phenolic OH excluding ortho intramolecular Hbond substituents is 1. The van der Waals surface area contributed by atoms with E-state index in [0.29, 0.717) is 12.1 Å². The van der Waals surface area contributed by atoms with E-state index in [0.717, 1.165) is 34.1 Å². The van der Waals surface area contributed by atoms with E-state index >= 15 is 0 Å². The fourth-order valence-corrected chi connectivity index (χ4v) is 3.04. The fraction of sp³-hybridized carbons (Fsp3) is 0.150.